The van der Waals surface area contributed by atoms with Crippen LogP contribution in [0.2, 0.25) is 0 Å². The lowest BCUT2D eigenvalue weighted by Crippen LogP contribution is -2.26. The maximum absolute atomic E-state index is 14.7. The quantitative estimate of drug-likeness (QED) is 0.297. The Hall–Kier alpha value is -3.19. The first-order valence-electron chi connectivity index (χ1n) is 13.0. The maximum atomic E-state index is 14.7. The van der Waals surface area contributed by atoms with Crippen molar-refractivity contribution in [3.63, 3.8) is 0 Å². The average Bonchev–Trinajstić information content (AvgIpc) is 3.09. The summed E-state index contributed by atoms with van der Waals surface area (Å²) in [7, 11) is 0. The molecule has 0 saturated carbocycles. The van der Waals surface area contributed by atoms with Crippen LogP contribution in [0.25, 0.3) is 17.2 Å². The number of fused-ring (bicyclic) bond motifs is 1. The smallest absolute Gasteiger partial charge is 0.315 e. The lowest BCUT2D eigenvalue weighted by molar-refractivity contribution is -0.137. The molecular weight excluding hydrogens is 511 g/mol. The maximum Gasteiger partial charge on any atom is 0.315 e. The molecule has 2 unspecified atom stereocenters. The molecule has 0 spiro atoms. The summed E-state index contributed by atoms with van der Waals surface area (Å²) in [4.78, 5) is 13.8. The number of aliphatic carboxylic acids is 1. The molecule has 39 heavy (non-hydrogen) atoms. The van der Waals surface area contributed by atoms with Crippen LogP contribution in [0, 0.1) is 19.7 Å². The first-order chi connectivity index (χ1) is 18.4. The molecule has 1 aliphatic carbocycles. The largest absolute Gasteiger partial charge is 0.612 e. The minimum absolute atomic E-state index is 0.0233. The SMILES string of the molecule is CC1=C(C(C(=O)O)c2cc(C)cc(C)c2C(C)(C)CCO)c2cc(F)ccc2C1=Cc1ccc([S+](C)[O-])cc1. The highest BCUT2D eigenvalue weighted by atomic mass is 32.2. The normalized spacial score (nSPS) is 16.0. The van der Waals surface area contributed by atoms with Gasteiger partial charge < -0.3 is 14.8 Å². The molecule has 2 atom stereocenters. The Morgan fingerprint density at radius 3 is 2.31 bits per heavy atom. The molecule has 4 nitrogen and oxygen atoms in total. The molecule has 204 valence electrons. The predicted octanol–water partition coefficient (Wildman–Crippen LogP) is 7.04. The highest BCUT2D eigenvalue weighted by Gasteiger charge is 2.38. The predicted molar refractivity (Wildman–Crippen MR) is 157 cm³/mol. The fourth-order valence-corrected chi connectivity index (χ4v) is 6.49. The van der Waals surface area contributed by atoms with Gasteiger partial charge in [-0.1, -0.05) is 37.6 Å². The number of aryl methyl sites for hydroxylation is 2. The number of carboxylic acids is 1. The van der Waals surface area contributed by atoms with Gasteiger partial charge in [-0.3, -0.25) is 4.79 Å². The summed E-state index contributed by atoms with van der Waals surface area (Å²) >= 11 is -1.09. The zero-order valence-electron chi connectivity index (χ0n) is 23.3. The standard InChI is InChI=1S/C33H35FO4S/c1-19-15-20(2)31(33(4,5)13-14-35)28(16-19)30(32(36)37)29-21(3)26(25-12-9-23(34)18-27(25)29)17-22-7-10-24(11-8-22)39(6)38/h7-12,15-18,30,35H,13-14H2,1-6H3,(H,36,37). The molecule has 0 aromatic heterocycles. The number of aliphatic hydroxyl groups is 1. The van der Waals surface area contributed by atoms with E-state index in [9.17, 15) is 24.0 Å². The lowest BCUT2D eigenvalue weighted by Gasteiger charge is -2.32. The fraction of sp³-hybridized carbons (Fsp3) is 0.303. The minimum atomic E-state index is -1.09. The molecule has 0 bridgehead atoms. The van der Waals surface area contributed by atoms with Crippen LogP contribution in [0.5, 0.6) is 0 Å². The van der Waals surface area contributed by atoms with Crippen molar-refractivity contribution in [1.82, 2.24) is 0 Å². The number of aliphatic hydroxyl groups excluding tert-OH is 1. The van der Waals surface area contributed by atoms with Gasteiger partial charge in [0.1, 0.15) is 18.0 Å². The molecule has 2 N–H and O–H groups in total. The van der Waals surface area contributed by atoms with Crippen LogP contribution in [-0.4, -0.2) is 33.6 Å². The van der Waals surface area contributed by atoms with Gasteiger partial charge in [-0.25, -0.2) is 4.39 Å². The molecule has 0 aliphatic heterocycles. The summed E-state index contributed by atoms with van der Waals surface area (Å²) in [5, 5.41) is 20.5. The van der Waals surface area contributed by atoms with Gasteiger partial charge in [-0.05, 0) is 136 Å². The minimum Gasteiger partial charge on any atom is -0.612 e. The monoisotopic (exact) mass is 546 g/mol. The van der Waals surface area contributed by atoms with Crippen LogP contribution in [0.1, 0.15) is 72.1 Å². The number of benzene rings is 3. The molecule has 1 aliphatic rings. The Labute approximate surface area is 233 Å². The lowest BCUT2D eigenvalue weighted by atomic mass is 9.72. The van der Waals surface area contributed by atoms with Crippen LogP contribution in [-0.2, 0) is 21.4 Å². The van der Waals surface area contributed by atoms with Crippen LogP contribution >= 0.6 is 0 Å². The zero-order chi connectivity index (χ0) is 28.6. The van der Waals surface area contributed by atoms with Gasteiger partial charge in [0.2, 0.25) is 0 Å². The highest BCUT2D eigenvalue weighted by Crippen LogP contribution is 2.50. The third-order valence-corrected chi connectivity index (χ3v) is 8.60. The van der Waals surface area contributed by atoms with Crippen LogP contribution in [0.3, 0.4) is 0 Å². The second-order valence-electron chi connectivity index (χ2n) is 11.0. The van der Waals surface area contributed by atoms with Crippen molar-refractivity contribution in [2.24, 2.45) is 0 Å². The Bertz CT molecular complexity index is 1480. The molecule has 0 radical (unpaired) electrons. The van der Waals surface area contributed by atoms with E-state index >= 15 is 0 Å². The van der Waals surface area contributed by atoms with E-state index in [1.807, 2.05) is 77.1 Å². The number of hydrogen-bond donors (Lipinski definition) is 2. The van der Waals surface area contributed by atoms with Gasteiger partial charge in [0, 0.05) is 6.61 Å². The Morgan fingerprint density at radius 1 is 1.05 bits per heavy atom. The molecule has 0 amide bonds. The summed E-state index contributed by atoms with van der Waals surface area (Å²) in [6.07, 6.45) is 4.07. The van der Waals surface area contributed by atoms with Crippen LogP contribution < -0.4 is 0 Å². The van der Waals surface area contributed by atoms with Gasteiger partial charge in [0.15, 0.2) is 4.90 Å². The number of carboxylic acid groups (broad SMARTS) is 1. The van der Waals surface area contributed by atoms with Gasteiger partial charge in [0.25, 0.3) is 0 Å². The van der Waals surface area contributed by atoms with Crippen molar-refractivity contribution < 1.29 is 24.0 Å². The number of rotatable bonds is 8. The van der Waals surface area contributed by atoms with Crippen molar-refractivity contribution >= 4 is 34.4 Å². The third kappa shape index (κ3) is 5.60. The van der Waals surface area contributed by atoms with E-state index in [0.29, 0.717) is 23.1 Å². The number of carbonyl (C=O) groups is 1. The fourth-order valence-electron chi connectivity index (χ4n) is 5.97. The highest BCUT2D eigenvalue weighted by molar-refractivity contribution is 7.90. The Morgan fingerprint density at radius 2 is 1.72 bits per heavy atom. The number of allylic oxidation sites excluding steroid dienone is 2. The van der Waals surface area contributed by atoms with E-state index < -0.39 is 34.3 Å². The van der Waals surface area contributed by atoms with E-state index in [-0.39, 0.29) is 6.61 Å². The van der Waals surface area contributed by atoms with Gasteiger partial charge in [-0.15, -0.1) is 0 Å². The molecule has 0 saturated heterocycles. The van der Waals surface area contributed by atoms with Crippen molar-refractivity contribution in [3.8, 4) is 0 Å². The summed E-state index contributed by atoms with van der Waals surface area (Å²) in [5.41, 5.74) is 7.39. The Kier molecular flexibility index (Phi) is 8.22. The van der Waals surface area contributed by atoms with Gasteiger partial charge in [0.05, 0.1) is 0 Å². The first-order valence-corrected chi connectivity index (χ1v) is 14.5. The van der Waals surface area contributed by atoms with E-state index in [1.165, 1.54) is 12.1 Å². The summed E-state index contributed by atoms with van der Waals surface area (Å²) in [5.74, 6) is -2.48. The summed E-state index contributed by atoms with van der Waals surface area (Å²) < 4.78 is 26.5. The molecule has 3 aromatic rings. The topological polar surface area (TPSA) is 80.6 Å². The molecular formula is C33H35FO4S. The zero-order valence-corrected chi connectivity index (χ0v) is 24.1. The van der Waals surface area contributed by atoms with Crippen molar-refractivity contribution in [2.75, 3.05) is 12.9 Å². The summed E-state index contributed by atoms with van der Waals surface area (Å²) in [6, 6.07) is 15.9. The van der Waals surface area contributed by atoms with Gasteiger partial charge >= 0.3 is 5.97 Å². The van der Waals surface area contributed by atoms with E-state index in [0.717, 1.165) is 43.9 Å². The second-order valence-corrected chi connectivity index (χ2v) is 12.4. The molecule has 0 heterocycles. The van der Waals surface area contributed by atoms with Crippen LogP contribution in [0.4, 0.5) is 4.39 Å². The van der Waals surface area contributed by atoms with Crippen LogP contribution in [0.15, 0.2) is 65.1 Å². The van der Waals surface area contributed by atoms with E-state index in [4.69, 9.17) is 0 Å². The molecule has 0 fully saturated rings. The molecule has 4 rings (SSSR count). The Balaban J connectivity index is 1.99. The van der Waals surface area contributed by atoms with Crippen molar-refractivity contribution in [2.45, 2.75) is 57.3 Å². The molecule has 6 heteroatoms. The van der Waals surface area contributed by atoms with Gasteiger partial charge in [-0.2, -0.15) is 0 Å². The summed E-state index contributed by atoms with van der Waals surface area (Å²) in [6.45, 7) is 9.83. The van der Waals surface area contributed by atoms with Crippen molar-refractivity contribution in [3.05, 3.63) is 105 Å². The number of hydrogen-bond acceptors (Lipinski definition) is 3. The van der Waals surface area contributed by atoms with E-state index in [2.05, 4.69) is 0 Å². The molecule has 3 aromatic carbocycles. The third-order valence-electron chi connectivity index (χ3n) is 7.66. The second kappa shape index (κ2) is 11.1. The first kappa shape index (κ1) is 28.8. The van der Waals surface area contributed by atoms with Crippen molar-refractivity contribution in [1.29, 1.82) is 0 Å². The number of halogens is 1. The van der Waals surface area contributed by atoms with E-state index in [1.54, 1.807) is 12.3 Å². The average molecular weight is 547 g/mol.